The molecule has 0 radical (unpaired) electrons. The highest BCUT2D eigenvalue weighted by atomic mass is 16.5. The molecule has 3 aromatic heterocycles. The summed E-state index contributed by atoms with van der Waals surface area (Å²) in [6.45, 7) is 3.00. The first-order valence-electron chi connectivity index (χ1n) is 8.64. The van der Waals surface area contributed by atoms with Crippen molar-refractivity contribution >= 4 is 22.8 Å². The van der Waals surface area contributed by atoms with Crippen LogP contribution in [0, 0.1) is 11.3 Å². The lowest BCUT2D eigenvalue weighted by molar-refractivity contribution is -0.131. The largest absolute Gasteiger partial charge is 0.364 e. The molecule has 0 aromatic carbocycles. The van der Waals surface area contributed by atoms with Crippen molar-refractivity contribution in [3.8, 4) is 6.07 Å². The summed E-state index contributed by atoms with van der Waals surface area (Å²) in [7, 11) is 0. The Labute approximate surface area is 156 Å². The predicted molar refractivity (Wildman–Crippen MR) is 99.3 cm³/mol. The third-order valence-corrected chi connectivity index (χ3v) is 4.49. The van der Waals surface area contributed by atoms with Gasteiger partial charge in [-0.1, -0.05) is 0 Å². The van der Waals surface area contributed by atoms with Crippen LogP contribution in [0.2, 0.25) is 0 Å². The van der Waals surface area contributed by atoms with E-state index in [4.69, 9.17) is 4.74 Å². The van der Waals surface area contributed by atoms with Crippen molar-refractivity contribution < 1.29 is 9.53 Å². The Morgan fingerprint density at radius 1 is 1.22 bits per heavy atom. The number of ether oxygens (including phenoxy) is 1. The molecule has 8 heteroatoms. The van der Waals surface area contributed by atoms with Crippen molar-refractivity contribution in [3.63, 3.8) is 0 Å². The van der Waals surface area contributed by atoms with Crippen LogP contribution in [-0.4, -0.2) is 45.8 Å². The van der Waals surface area contributed by atoms with E-state index in [1.54, 1.807) is 41.3 Å². The minimum absolute atomic E-state index is 0.120. The van der Waals surface area contributed by atoms with Crippen LogP contribution in [0.25, 0.3) is 5.52 Å². The van der Waals surface area contributed by atoms with Crippen molar-refractivity contribution in [2.75, 3.05) is 23.3 Å². The molecule has 4 heterocycles. The van der Waals surface area contributed by atoms with Crippen LogP contribution in [0.5, 0.6) is 0 Å². The number of nitrogens with zero attached hydrogens (tertiary/aromatic N) is 5. The normalized spacial score (nSPS) is 19.6. The van der Waals surface area contributed by atoms with E-state index in [9.17, 15) is 10.1 Å². The van der Waals surface area contributed by atoms with Crippen LogP contribution in [0.15, 0.2) is 48.9 Å². The molecule has 0 aliphatic carbocycles. The second kappa shape index (κ2) is 7.05. The van der Waals surface area contributed by atoms with E-state index in [-0.39, 0.29) is 12.0 Å². The summed E-state index contributed by atoms with van der Waals surface area (Å²) >= 11 is 0. The third kappa shape index (κ3) is 3.32. The zero-order valence-corrected chi connectivity index (χ0v) is 14.7. The smallest absolute Gasteiger partial charge is 0.255 e. The molecule has 2 unspecified atom stereocenters. The van der Waals surface area contributed by atoms with Crippen molar-refractivity contribution in [3.05, 3.63) is 54.6 Å². The molecule has 1 aliphatic heterocycles. The molecular weight excluding hydrogens is 344 g/mol. The molecule has 1 aliphatic rings. The van der Waals surface area contributed by atoms with Gasteiger partial charge in [0.25, 0.3) is 5.91 Å². The Morgan fingerprint density at radius 2 is 2.04 bits per heavy atom. The standard InChI is InChI=1S/C19H18N6O2/c1-13-11-24(16-3-2-15(10-20)25-17(16)6-9-22-25)12-18(27-13)19(26)23-14-4-7-21-8-5-14/h2-9,13,18H,11-12H2,1H3,(H,21,23,26). The second-order valence-electron chi connectivity index (χ2n) is 6.41. The van der Waals surface area contributed by atoms with Crippen molar-refractivity contribution in [2.45, 2.75) is 19.1 Å². The van der Waals surface area contributed by atoms with Gasteiger partial charge < -0.3 is 15.0 Å². The highest BCUT2D eigenvalue weighted by molar-refractivity contribution is 5.94. The number of nitrogens with one attached hydrogen (secondary N) is 1. The molecule has 1 fully saturated rings. The summed E-state index contributed by atoms with van der Waals surface area (Å²) in [5, 5.41) is 16.3. The van der Waals surface area contributed by atoms with Gasteiger partial charge >= 0.3 is 0 Å². The number of fused-ring (bicyclic) bond motifs is 1. The zero-order chi connectivity index (χ0) is 18.8. The molecule has 136 valence electrons. The number of carbonyl (C=O) groups is 1. The maximum atomic E-state index is 12.7. The Morgan fingerprint density at radius 3 is 2.81 bits per heavy atom. The van der Waals surface area contributed by atoms with E-state index in [2.05, 4.69) is 26.4 Å². The van der Waals surface area contributed by atoms with Gasteiger partial charge in [0, 0.05) is 24.6 Å². The Bertz CT molecular complexity index is 1010. The zero-order valence-electron chi connectivity index (χ0n) is 14.7. The van der Waals surface area contributed by atoms with Crippen molar-refractivity contribution in [1.82, 2.24) is 14.6 Å². The fraction of sp³-hybridized carbons (Fsp3) is 0.263. The summed E-state index contributed by atoms with van der Waals surface area (Å²) in [5.74, 6) is -0.198. The number of amides is 1. The average Bonchev–Trinajstić information content (AvgIpc) is 3.17. The fourth-order valence-electron chi connectivity index (χ4n) is 3.31. The minimum Gasteiger partial charge on any atom is -0.364 e. The topological polar surface area (TPSA) is 95.5 Å². The van der Waals surface area contributed by atoms with Gasteiger partial charge in [0.2, 0.25) is 0 Å². The molecule has 1 amide bonds. The molecule has 0 spiro atoms. The molecule has 4 rings (SSSR count). The maximum Gasteiger partial charge on any atom is 0.255 e. The monoisotopic (exact) mass is 362 g/mol. The van der Waals surface area contributed by atoms with Gasteiger partial charge in [0.1, 0.15) is 11.8 Å². The molecule has 27 heavy (non-hydrogen) atoms. The molecule has 2 atom stereocenters. The number of aromatic nitrogens is 3. The number of anilines is 2. The number of rotatable bonds is 3. The SMILES string of the molecule is CC1CN(c2ccc(C#N)n3nccc23)CC(C(=O)Nc2ccncc2)O1. The highest BCUT2D eigenvalue weighted by Crippen LogP contribution is 2.26. The first-order valence-corrected chi connectivity index (χ1v) is 8.64. The van der Waals surface area contributed by atoms with Gasteiger partial charge in [-0.2, -0.15) is 10.4 Å². The molecule has 3 aromatic rings. The van der Waals surface area contributed by atoms with Crippen LogP contribution < -0.4 is 10.2 Å². The van der Waals surface area contributed by atoms with Gasteiger partial charge in [-0.15, -0.1) is 0 Å². The number of hydrogen-bond acceptors (Lipinski definition) is 6. The summed E-state index contributed by atoms with van der Waals surface area (Å²) in [5.41, 5.74) is 2.90. The predicted octanol–water partition coefficient (Wildman–Crippen LogP) is 1.83. The van der Waals surface area contributed by atoms with Crippen LogP contribution in [0.3, 0.4) is 0 Å². The van der Waals surface area contributed by atoms with E-state index in [0.717, 1.165) is 11.2 Å². The van der Waals surface area contributed by atoms with E-state index in [1.807, 2.05) is 19.1 Å². The average molecular weight is 362 g/mol. The van der Waals surface area contributed by atoms with E-state index < -0.39 is 6.10 Å². The highest BCUT2D eigenvalue weighted by Gasteiger charge is 2.31. The molecule has 1 N–H and O–H groups in total. The van der Waals surface area contributed by atoms with Gasteiger partial charge in [-0.05, 0) is 37.3 Å². The molecular formula is C19H18N6O2. The summed E-state index contributed by atoms with van der Waals surface area (Å²) in [6, 6.07) is 11.1. The quantitative estimate of drug-likeness (QED) is 0.764. The number of nitriles is 1. The number of hydrogen-bond donors (Lipinski definition) is 1. The Balaban J connectivity index is 1.59. The van der Waals surface area contributed by atoms with Crippen molar-refractivity contribution in [2.24, 2.45) is 0 Å². The lowest BCUT2D eigenvalue weighted by Gasteiger charge is -2.37. The van der Waals surface area contributed by atoms with Crippen LogP contribution in [-0.2, 0) is 9.53 Å². The summed E-state index contributed by atoms with van der Waals surface area (Å²) in [4.78, 5) is 18.7. The number of pyridine rings is 2. The van der Waals surface area contributed by atoms with E-state index in [1.165, 1.54) is 0 Å². The molecule has 8 nitrogen and oxygen atoms in total. The maximum absolute atomic E-state index is 12.7. The third-order valence-electron chi connectivity index (χ3n) is 4.49. The number of carbonyl (C=O) groups excluding carboxylic acids is 1. The van der Waals surface area contributed by atoms with Gasteiger partial charge in [0.05, 0.1) is 30.0 Å². The lowest BCUT2D eigenvalue weighted by Crippen LogP contribution is -2.51. The molecule has 0 bridgehead atoms. The minimum atomic E-state index is -0.611. The fourth-order valence-corrected chi connectivity index (χ4v) is 3.31. The van der Waals surface area contributed by atoms with Crippen LogP contribution in [0.4, 0.5) is 11.4 Å². The van der Waals surface area contributed by atoms with Crippen LogP contribution >= 0.6 is 0 Å². The van der Waals surface area contributed by atoms with Gasteiger partial charge in [0.15, 0.2) is 6.10 Å². The van der Waals surface area contributed by atoms with Gasteiger partial charge in [-0.3, -0.25) is 9.78 Å². The van der Waals surface area contributed by atoms with Crippen LogP contribution in [0.1, 0.15) is 12.6 Å². The second-order valence-corrected chi connectivity index (χ2v) is 6.41. The Hall–Kier alpha value is -3.44. The van der Waals surface area contributed by atoms with E-state index in [0.29, 0.717) is 24.5 Å². The van der Waals surface area contributed by atoms with Gasteiger partial charge in [-0.25, -0.2) is 4.52 Å². The summed E-state index contributed by atoms with van der Waals surface area (Å²) in [6.07, 6.45) is 4.18. The molecule has 0 saturated carbocycles. The lowest BCUT2D eigenvalue weighted by atomic mass is 10.1. The Kier molecular flexibility index (Phi) is 4.44. The first kappa shape index (κ1) is 17.0. The first-order chi connectivity index (χ1) is 13.2. The summed E-state index contributed by atoms with van der Waals surface area (Å²) < 4.78 is 7.48. The van der Waals surface area contributed by atoms with Crippen molar-refractivity contribution in [1.29, 1.82) is 5.26 Å². The number of morpholine rings is 1. The molecule has 1 saturated heterocycles. The van der Waals surface area contributed by atoms with E-state index >= 15 is 0 Å².